The van der Waals surface area contributed by atoms with Gasteiger partial charge >= 0.3 is 0 Å². The first-order chi connectivity index (χ1) is 12.9. The molecule has 0 atom stereocenters. The van der Waals surface area contributed by atoms with Gasteiger partial charge in [-0.05, 0) is 36.6 Å². The van der Waals surface area contributed by atoms with E-state index in [0.29, 0.717) is 28.4 Å². The Morgan fingerprint density at radius 3 is 2.52 bits per heavy atom. The van der Waals surface area contributed by atoms with Gasteiger partial charge in [0, 0.05) is 36.5 Å². The summed E-state index contributed by atoms with van der Waals surface area (Å²) < 4.78 is 28.3. The molecular formula is C21H20F2N2OS. The van der Waals surface area contributed by atoms with Crippen LogP contribution in [0.4, 0.5) is 8.78 Å². The molecule has 0 saturated carbocycles. The van der Waals surface area contributed by atoms with Gasteiger partial charge in [-0.1, -0.05) is 42.1 Å². The minimum atomic E-state index is -0.608. The molecule has 0 amide bonds. The summed E-state index contributed by atoms with van der Waals surface area (Å²) >= 11 is 1.26. The van der Waals surface area contributed by atoms with Gasteiger partial charge in [0.25, 0.3) is 5.56 Å². The smallest absolute Gasteiger partial charge is 0.257 e. The van der Waals surface area contributed by atoms with Crippen LogP contribution in [0.5, 0.6) is 0 Å². The number of thioether (sulfide) groups is 1. The zero-order valence-electron chi connectivity index (χ0n) is 15.4. The van der Waals surface area contributed by atoms with Crippen LogP contribution in [0.25, 0.3) is 0 Å². The van der Waals surface area contributed by atoms with Crippen molar-refractivity contribution >= 4 is 11.8 Å². The van der Waals surface area contributed by atoms with Crippen LogP contribution in [0.1, 0.15) is 27.9 Å². The first kappa shape index (κ1) is 19.3. The predicted molar refractivity (Wildman–Crippen MR) is 104 cm³/mol. The Labute approximate surface area is 161 Å². The fraction of sp³-hybridized carbons (Fsp3) is 0.238. The minimum absolute atomic E-state index is 0.104. The van der Waals surface area contributed by atoms with E-state index in [0.717, 1.165) is 17.2 Å². The number of aryl methyl sites for hydroxylation is 2. The van der Waals surface area contributed by atoms with E-state index < -0.39 is 11.6 Å². The lowest BCUT2D eigenvalue weighted by Crippen LogP contribution is -2.26. The second kappa shape index (κ2) is 8.05. The van der Waals surface area contributed by atoms with E-state index in [4.69, 9.17) is 0 Å². The number of rotatable bonds is 5. The van der Waals surface area contributed by atoms with Crippen LogP contribution in [-0.4, -0.2) is 9.55 Å². The molecule has 140 valence electrons. The zero-order valence-corrected chi connectivity index (χ0v) is 16.2. The maximum atomic E-state index is 13.8. The number of nitrogens with zero attached hydrogens (tertiary/aromatic N) is 2. The molecule has 6 heteroatoms. The van der Waals surface area contributed by atoms with Crippen molar-refractivity contribution < 1.29 is 8.78 Å². The zero-order chi connectivity index (χ0) is 19.6. The van der Waals surface area contributed by atoms with Crippen LogP contribution >= 0.6 is 11.8 Å². The Hall–Kier alpha value is -2.47. The molecule has 27 heavy (non-hydrogen) atoms. The van der Waals surface area contributed by atoms with Gasteiger partial charge in [0.1, 0.15) is 11.6 Å². The van der Waals surface area contributed by atoms with E-state index in [1.54, 1.807) is 7.05 Å². The summed E-state index contributed by atoms with van der Waals surface area (Å²) in [5, 5.41) is 0.509. The van der Waals surface area contributed by atoms with Gasteiger partial charge in [-0.3, -0.25) is 9.36 Å². The molecule has 0 bridgehead atoms. The molecule has 0 saturated heterocycles. The molecular weight excluding hydrogens is 366 g/mol. The van der Waals surface area contributed by atoms with Crippen LogP contribution in [0.3, 0.4) is 0 Å². The SMILES string of the molecule is Cc1ccccc1Cc1c(C)nc(SCc2ccc(F)cc2F)n(C)c1=O. The van der Waals surface area contributed by atoms with Crippen molar-refractivity contribution in [3.8, 4) is 0 Å². The molecule has 0 radical (unpaired) electrons. The van der Waals surface area contributed by atoms with E-state index in [-0.39, 0.29) is 11.3 Å². The highest BCUT2D eigenvalue weighted by molar-refractivity contribution is 7.98. The fourth-order valence-electron chi connectivity index (χ4n) is 2.84. The van der Waals surface area contributed by atoms with Gasteiger partial charge < -0.3 is 0 Å². The number of benzene rings is 2. The van der Waals surface area contributed by atoms with Crippen LogP contribution in [-0.2, 0) is 19.2 Å². The number of halogens is 2. The van der Waals surface area contributed by atoms with Crippen LogP contribution in [0, 0.1) is 25.5 Å². The summed E-state index contributed by atoms with van der Waals surface area (Å²) in [7, 11) is 1.67. The first-order valence-electron chi connectivity index (χ1n) is 8.54. The van der Waals surface area contributed by atoms with Gasteiger partial charge in [0.2, 0.25) is 0 Å². The molecule has 1 aromatic heterocycles. The molecule has 0 spiro atoms. The highest BCUT2D eigenvalue weighted by atomic mass is 32.2. The van der Waals surface area contributed by atoms with Gasteiger partial charge in [-0.25, -0.2) is 13.8 Å². The van der Waals surface area contributed by atoms with Gasteiger partial charge in [-0.15, -0.1) is 0 Å². The van der Waals surface area contributed by atoms with Crippen LogP contribution in [0.2, 0.25) is 0 Å². The fourth-order valence-corrected chi connectivity index (χ4v) is 3.84. The largest absolute Gasteiger partial charge is 0.291 e. The standard InChI is InChI=1S/C21H20F2N2OS/c1-13-6-4-5-7-15(13)10-18-14(2)24-21(25(3)20(18)26)27-12-16-8-9-17(22)11-19(16)23/h4-9,11H,10,12H2,1-3H3. The van der Waals surface area contributed by atoms with Crippen molar-refractivity contribution in [3.05, 3.63) is 92.4 Å². The van der Waals surface area contributed by atoms with Gasteiger partial charge in [0.05, 0.1) is 0 Å². The molecule has 0 aliphatic heterocycles. The summed E-state index contributed by atoms with van der Waals surface area (Å²) in [5.74, 6) is -0.938. The summed E-state index contributed by atoms with van der Waals surface area (Å²) in [5.41, 5.74) is 3.81. The lowest BCUT2D eigenvalue weighted by Gasteiger charge is -2.13. The Bertz CT molecular complexity index is 1050. The molecule has 0 N–H and O–H groups in total. The average molecular weight is 386 g/mol. The van der Waals surface area contributed by atoms with E-state index in [2.05, 4.69) is 4.98 Å². The van der Waals surface area contributed by atoms with Crippen molar-refractivity contribution in [3.63, 3.8) is 0 Å². The number of aromatic nitrogens is 2. The molecule has 3 rings (SSSR count). The number of hydrogen-bond donors (Lipinski definition) is 0. The Morgan fingerprint density at radius 2 is 1.81 bits per heavy atom. The minimum Gasteiger partial charge on any atom is -0.291 e. The average Bonchev–Trinajstić information content (AvgIpc) is 2.63. The highest BCUT2D eigenvalue weighted by Gasteiger charge is 2.14. The van der Waals surface area contributed by atoms with Crippen molar-refractivity contribution in [1.82, 2.24) is 9.55 Å². The van der Waals surface area contributed by atoms with Gasteiger partial charge in [0.15, 0.2) is 5.16 Å². The lowest BCUT2D eigenvalue weighted by atomic mass is 10.0. The van der Waals surface area contributed by atoms with Crippen molar-refractivity contribution in [2.24, 2.45) is 7.05 Å². The second-order valence-electron chi connectivity index (χ2n) is 6.45. The summed E-state index contributed by atoms with van der Waals surface area (Å²) in [4.78, 5) is 17.4. The Kier molecular flexibility index (Phi) is 5.75. The van der Waals surface area contributed by atoms with Gasteiger partial charge in [-0.2, -0.15) is 0 Å². The molecule has 2 aromatic carbocycles. The van der Waals surface area contributed by atoms with E-state index in [1.165, 1.54) is 28.5 Å². The molecule has 0 aliphatic rings. The molecule has 0 unspecified atom stereocenters. The third-order valence-electron chi connectivity index (χ3n) is 4.55. The molecule has 3 aromatic rings. The highest BCUT2D eigenvalue weighted by Crippen LogP contribution is 2.23. The second-order valence-corrected chi connectivity index (χ2v) is 7.39. The topological polar surface area (TPSA) is 34.9 Å². The molecule has 3 nitrogen and oxygen atoms in total. The van der Waals surface area contributed by atoms with E-state index in [1.807, 2.05) is 38.1 Å². The van der Waals surface area contributed by atoms with Crippen molar-refractivity contribution in [2.75, 3.05) is 0 Å². The maximum absolute atomic E-state index is 13.8. The number of hydrogen-bond acceptors (Lipinski definition) is 3. The van der Waals surface area contributed by atoms with Crippen LogP contribution in [0.15, 0.2) is 52.4 Å². The molecule has 1 heterocycles. The summed E-state index contributed by atoms with van der Waals surface area (Å²) in [6.07, 6.45) is 0.524. The van der Waals surface area contributed by atoms with E-state index in [9.17, 15) is 13.6 Å². The van der Waals surface area contributed by atoms with Crippen LogP contribution < -0.4 is 5.56 Å². The predicted octanol–water partition coefficient (Wildman–Crippen LogP) is 4.56. The van der Waals surface area contributed by atoms with E-state index >= 15 is 0 Å². The summed E-state index contributed by atoms with van der Waals surface area (Å²) in [6.45, 7) is 3.83. The van der Waals surface area contributed by atoms with Crippen molar-refractivity contribution in [1.29, 1.82) is 0 Å². The quantitative estimate of drug-likeness (QED) is 0.476. The van der Waals surface area contributed by atoms with Crippen molar-refractivity contribution in [2.45, 2.75) is 31.2 Å². The molecule has 0 fully saturated rings. The first-order valence-corrected chi connectivity index (χ1v) is 9.53. The summed E-state index contributed by atoms with van der Waals surface area (Å²) in [6, 6.07) is 11.4. The third kappa shape index (κ3) is 4.27. The Balaban J connectivity index is 1.86. The normalized spacial score (nSPS) is 11.0. The maximum Gasteiger partial charge on any atom is 0.257 e. The Morgan fingerprint density at radius 1 is 1.07 bits per heavy atom. The monoisotopic (exact) mass is 386 g/mol. The molecule has 0 aliphatic carbocycles. The third-order valence-corrected chi connectivity index (χ3v) is 5.63. The lowest BCUT2D eigenvalue weighted by molar-refractivity contribution is 0.576.